The number of amides is 2. The van der Waals surface area contributed by atoms with Crippen LogP contribution in [-0.4, -0.2) is 38.2 Å². The highest BCUT2D eigenvalue weighted by molar-refractivity contribution is 8.02. The van der Waals surface area contributed by atoms with Gasteiger partial charge in [0.2, 0.25) is 16.9 Å². The second kappa shape index (κ2) is 5.23. The van der Waals surface area contributed by atoms with Crippen molar-refractivity contribution >= 4 is 40.0 Å². The number of anilines is 1. The first-order chi connectivity index (χ1) is 8.52. The lowest BCUT2D eigenvalue weighted by Gasteiger charge is -2.21. The van der Waals surface area contributed by atoms with Gasteiger partial charge in [0.15, 0.2) is 4.34 Å². The minimum absolute atomic E-state index is 0.0462. The molecule has 2 atom stereocenters. The number of thioether (sulfide) groups is 1. The number of hydrogen-bond acceptors (Lipinski definition) is 7. The number of carbonyl (C=O) groups excluding carboxylic acids is 2. The van der Waals surface area contributed by atoms with Gasteiger partial charge in [0.25, 0.3) is 0 Å². The predicted molar refractivity (Wildman–Crippen MR) is 70.2 cm³/mol. The number of aromatic nitrogens is 2. The van der Waals surface area contributed by atoms with Gasteiger partial charge in [-0.15, -0.1) is 10.2 Å². The van der Waals surface area contributed by atoms with Crippen LogP contribution in [0.5, 0.6) is 0 Å². The van der Waals surface area contributed by atoms with Crippen molar-refractivity contribution in [2.24, 2.45) is 0 Å². The van der Waals surface area contributed by atoms with Gasteiger partial charge >= 0.3 is 0 Å². The second-order valence-electron chi connectivity index (χ2n) is 4.08. The summed E-state index contributed by atoms with van der Waals surface area (Å²) in [6.45, 7) is 3.84. The standard InChI is InChI=1S/C10H14N4O2S2/c1-3-5(2)14-7(15)4-6(8(14)16)17-10-13-12-9(11)18-10/h5-6H,3-4H2,1-2H3,(H2,11,12). The van der Waals surface area contributed by atoms with E-state index in [0.717, 1.165) is 6.42 Å². The number of carbonyl (C=O) groups is 2. The molecule has 2 amide bonds. The molecular formula is C10H14N4O2S2. The van der Waals surface area contributed by atoms with Gasteiger partial charge in [-0.25, -0.2) is 0 Å². The zero-order chi connectivity index (χ0) is 13.3. The van der Waals surface area contributed by atoms with Crippen LogP contribution in [0.15, 0.2) is 4.34 Å². The molecule has 1 aromatic rings. The van der Waals surface area contributed by atoms with E-state index in [4.69, 9.17) is 5.73 Å². The van der Waals surface area contributed by atoms with E-state index in [9.17, 15) is 9.59 Å². The van der Waals surface area contributed by atoms with E-state index >= 15 is 0 Å². The van der Waals surface area contributed by atoms with Gasteiger partial charge in [0.1, 0.15) is 0 Å². The van der Waals surface area contributed by atoms with Gasteiger partial charge in [-0.2, -0.15) is 0 Å². The monoisotopic (exact) mass is 286 g/mol. The maximum absolute atomic E-state index is 12.1. The minimum atomic E-state index is -0.390. The van der Waals surface area contributed by atoms with Gasteiger partial charge in [-0.05, 0) is 13.3 Å². The summed E-state index contributed by atoms with van der Waals surface area (Å²) in [7, 11) is 0. The van der Waals surface area contributed by atoms with E-state index in [1.165, 1.54) is 28.0 Å². The molecule has 1 saturated heterocycles. The Kier molecular flexibility index (Phi) is 3.86. The molecule has 2 unspecified atom stereocenters. The van der Waals surface area contributed by atoms with Gasteiger partial charge in [0, 0.05) is 12.5 Å². The van der Waals surface area contributed by atoms with E-state index in [-0.39, 0.29) is 29.5 Å². The minimum Gasteiger partial charge on any atom is -0.374 e. The number of nitrogens with zero attached hydrogens (tertiary/aromatic N) is 3. The second-order valence-corrected chi connectivity index (χ2v) is 6.54. The molecule has 0 spiro atoms. The quantitative estimate of drug-likeness (QED) is 0.835. The Labute approximate surface area is 113 Å². The number of nitrogens with two attached hydrogens (primary N) is 1. The molecule has 98 valence electrons. The van der Waals surface area contributed by atoms with Crippen LogP contribution in [0.25, 0.3) is 0 Å². The lowest BCUT2D eigenvalue weighted by atomic mass is 10.2. The van der Waals surface area contributed by atoms with Crippen LogP contribution >= 0.6 is 23.1 Å². The number of imide groups is 1. The maximum atomic E-state index is 12.1. The first-order valence-corrected chi connectivity index (χ1v) is 7.34. The van der Waals surface area contributed by atoms with Crippen LogP contribution in [0, 0.1) is 0 Å². The normalized spacial score (nSPS) is 21.7. The Morgan fingerprint density at radius 3 is 2.83 bits per heavy atom. The summed E-state index contributed by atoms with van der Waals surface area (Å²) in [5, 5.41) is 7.52. The predicted octanol–water partition coefficient (Wildman–Crippen LogP) is 1.14. The third kappa shape index (κ3) is 2.49. The largest absolute Gasteiger partial charge is 0.374 e. The molecule has 1 aliphatic rings. The highest BCUT2D eigenvalue weighted by atomic mass is 32.2. The van der Waals surface area contributed by atoms with Crippen molar-refractivity contribution in [3.63, 3.8) is 0 Å². The molecule has 8 heteroatoms. The van der Waals surface area contributed by atoms with E-state index in [0.29, 0.717) is 9.47 Å². The topological polar surface area (TPSA) is 89.2 Å². The number of likely N-dealkylation sites (tertiary alicyclic amines) is 1. The van der Waals surface area contributed by atoms with Crippen molar-refractivity contribution in [3.8, 4) is 0 Å². The zero-order valence-electron chi connectivity index (χ0n) is 10.1. The average Bonchev–Trinajstić information content (AvgIpc) is 2.84. The summed E-state index contributed by atoms with van der Waals surface area (Å²) in [5.41, 5.74) is 5.48. The molecule has 0 saturated carbocycles. The van der Waals surface area contributed by atoms with E-state index < -0.39 is 0 Å². The Balaban J connectivity index is 2.08. The molecule has 0 bridgehead atoms. The van der Waals surface area contributed by atoms with Crippen molar-refractivity contribution in [1.29, 1.82) is 0 Å². The van der Waals surface area contributed by atoms with Crippen molar-refractivity contribution < 1.29 is 9.59 Å². The lowest BCUT2D eigenvalue weighted by molar-refractivity contribution is -0.140. The summed E-state index contributed by atoms with van der Waals surface area (Å²) in [5.74, 6) is -0.238. The molecule has 0 aromatic carbocycles. The summed E-state index contributed by atoms with van der Waals surface area (Å²) >= 11 is 2.50. The fourth-order valence-electron chi connectivity index (χ4n) is 1.75. The Morgan fingerprint density at radius 2 is 2.28 bits per heavy atom. The number of nitrogen functional groups attached to an aromatic ring is 1. The third-order valence-electron chi connectivity index (χ3n) is 2.84. The van der Waals surface area contributed by atoms with Crippen LogP contribution in [0.1, 0.15) is 26.7 Å². The lowest BCUT2D eigenvalue weighted by Crippen LogP contribution is -2.38. The van der Waals surface area contributed by atoms with Crippen LogP contribution in [0.2, 0.25) is 0 Å². The van der Waals surface area contributed by atoms with Crippen molar-refractivity contribution in [2.45, 2.75) is 42.3 Å². The molecule has 2 heterocycles. The fourth-order valence-corrected chi connectivity index (χ4v) is 3.66. The average molecular weight is 286 g/mol. The van der Waals surface area contributed by atoms with Crippen molar-refractivity contribution in [2.75, 3.05) is 5.73 Å². The maximum Gasteiger partial charge on any atom is 0.243 e. The molecule has 6 nitrogen and oxygen atoms in total. The van der Waals surface area contributed by atoms with Crippen molar-refractivity contribution in [1.82, 2.24) is 15.1 Å². The Hall–Kier alpha value is -1.15. The van der Waals surface area contributed by atoms with Crippen LogP contribution in [0.3, 0.4) is 0 Å². The molecule has 1 aromatic heterocycles. The fraction of sp³-hybridized carbons (Fsp3) is 0.600. The molecule has 2 N–H and O–H groups in total. The molecule has 0 radical (unpaired) electrons. The summed E-state index contributed by atoms with van der Waals surface area (Å²) < 4.78 is 0.629. The van der Waals surface area contributed by atoms with Gasteiger partial charge < -0.3 is 5.73 Å². The van der Waals surface area contributed by atoms with Crippen LogP contribution in [-0.2, 0) is 9.59 Å². The molecule has 1 aliphatic heterocycles. The highest BCUT2D eigenvalue weighted by Gasteiger charge is 2.41. The Morgan fingerprint density at radius 1 is 1.56 bits per heavy atom. The van der Waals surface area contributed by atoms with E-state index in [1.807, 2.05) is 13.8 Å². The molecule has 1 fully saturated rings. The third-order valence-corrected chi connectivity index (χ3v) is 4.86. The van der Waals surface area contributed by atoms with Crippen molar-refractivity contribution in [3.05, 3.63) is 0 Å². The molecule has 2 rings (SSSR count). The van der Waals surface area contributed by atoms with Gasteiger partial charge in [-0.1, -0.05) is 30.0 Å². The first kappa shape index (κ1) is 13.3. The number of rotatable bonds is 4. The molecule has 18 heavy (non-hydrogen) atoms. The first-order valence-electron chi connectivity index (χ1n) is 5.64. The summed E-state index contributed by atoms with van der Waals surface area (Å²) in [4.78, 5) is 25.3. The molecule has 0 aliphatic carbocycles. The summed E-state index contributed by atoms with van der Waals surface area (Å²) in [6, 6.07) is -0.0462. The van der Waals surface area contributed by atoms with Crippen LogP contribution in [0.4, 0.5) is 5.13 Å². The van der Waals surface area contributed by atoms with E-state index in [1.54, 1.807) is 0 Å². The van der Waals surface area contributed by atoms with Gasteiger partial charge in [-0.3, -0.25) is 14.5 Å². The molecular weight excluding hydrogens is 272 g/mol. The van der Waals surface area contributed by atoms with Gasteiger partial charge in [0.05, 0.1) is 5.25 Å². The smallest absolute Gasteiger partial charge is 0.243 e. The SMILES string of the molecule is CCC(C)N1C(=O)CC(Sc2nnc(N)s2)C1=O. The zero-order valence-corrected chi connectivity index (χ0v) is 11.8. The van der Waals surface area contributed by atoms with Crippen LogP contribution < -0.4 is 5.73 Å². The number of hydrogen-bond donors (Lipinski definition) is 1. The Bertz CT molecular complexity index is 476. The van der Waals surface area contributed by atoms with E-state index in [2.05, 4.69) is 10.2 Å². The highest BCUT2D eigenvalue weighted by Crippen LogP contribution is 2.34. The summed E-state index contributed by atoms with van der Waals surface area (Å²) in [6.07, 6.45) is 0.994.